The molecule has 6 nitrogen and oxygen atoms in total. The molecular formula is C31H36N2O4. The third-order valence-corrected chi connectivity index (χ3v) is 7.76. The minimum atomic E-state index is -0.0264. The summed E-state index contributed by atoms with van der Waals surface area (Å²) >= 11 is 0. The van der Waals surface area contributed by atoms with Gasteiger partial charge in [0.2, 0.25) is 0 Å². The number of aliphatic hydroxyl groups is 1. The lowest BCUT2D eigenvalue weighted by molar-refractivity contribution is 0.145. The Bertz CT molecular complexity index is 1440. The van der Waals surface area contributed by atoms with Gasteiger partial charge in [-0.3, -0.25) is 4.90 Å². The number of aliphatic hydroxyl groups excluding tert-OH is 1. The summed E-state index contributed by atoms with van der Waals surface area (Å²) in [7, 11) is 3.40. The average Bonchev–Trinajstić information content (AvgIpc) is 3.21. The third kappa shape index (κ3) is 4.34. The highest BCUT2D eigenvalue weighted by Gasteiger charge is 2.36. The summed E-state index contributed by atoms with van der Waals surface area (Å²) in [6.45, 7) is 4.35. The molecule has 0 aliphatic carbocycles. The van der Waals surface area contributed by atoms with E-state index >= 15 is 0 Å². The van der Waals surface area contributed by atoms with Gasteiger partial charge in [0.05, 0.1) is 19.7 Å². The summed E-state index contributed by atoms with van der Waals surface area (Å²) in [6, 6.07) is 19.1. The molecule has 37 heavy (non-hydrogen) atoms. The second-order valence-corrected chi connectivity index (χ2v) is 9.80. The first-order valence-corrected chi connectivity index (χ1v) is 12.5. The molecule has 194 valence electrons. The number of rotatable bonds is 6. The quantitative estimate of drug-likeness (QED) is 0.363. The summed E-state index contributed by atoms with van der Waals surface area (Å²) in [5, 5.41) is 11.4. The molecule has 4 aromatic rings. The number of nitrogens with zero attached hydrogens (tertiary/aromatic N) is 2. The zero-order chi connectivity index (χ0) is 24.8. The van der Waals surface area contributed by atoms with Crippen LogP contribution in [0, 0.1) is 6.92 Å². The monoisotopic (exact) mass is 500 g/mol. The molecule has 0 fully saturated rings. The largest absolute Gasteiger partial charge is 0.497 e. The molecule has 3 aromatic carbocycles. The fourth-order valence-electron chi connectivity index (χ4n) is 5.96. The molecule has 1 atom stereocenters. The fraction of sp³-hybridized carbons (Fsp3) is 0.355. The van der Waals surface area contributed by atoms with Crippen molar-refractivity contribution in [2.45, 2.75) is 53.1 Å². The van der Waals surface area contributed by atoms with Crippen LogP contribution in [0.4, 0.5) is 0 Å². The van der Waals surface area contributed by atoms with Gasteiger partial charge in [0, 0.05) is 30.2 Å². The average molecular weight is 501 g/mol. The van der Waals surface area contributed by atoms with Gasteiger partial charge in [0.15, 0.2) is 11.5 Å². The molecule has 2 aliphatic rings. The van der Waals surface area contributed by atoms with Crippen LogP contribution < -0.4 is 14.2 Å². The molecule has 0 saturated carbocycles. The van der Waals surface area contributed by atoms with Crippen molar-refractivity contribution >= 4 is 10.9 Å². The van der Waals surface area contributed by atoms with Crippen LogP contribution in [-0.2, 0) is 32.7 Å². The number of methoxy groups -OCH3 is 2. The number of hydrogen-bond acceptors (Lipinski definition) is 5. The van der Waals surface area contributed by atoms with Crippen molar-refractivity contribution < 1.29 is 19.3 Å². The fourth-order valence-corrected chi connectivity index (χ4v) is 5.96. The molecule has 1 aromatic heterocycles. The first kappa shape index (κ1) is 25.2. The van der Waals surface area contributed by atoms with Gasteiger partial charge in [0.25, 0.3) is 0 Å². The predicted molar refractivity (Wildman–Crippen MR) is 147 cm³/mol. The molecule has 1 unspecified atom stereocenters. The van der Waals surface area contributed by atoms with Crippen molar-refractivity contribution in [2.24, 2.45) is 0 Å². The second-order valence-electron chi connectivity index (χ2n) is 9.80. The third-order valence-electron chi connectivity index (χ3n) is 7.76. The van der Waals surface area contributed by atoms with Crippen LogP contribution in [-0.4, -0.2) is 35.3 Å². The van der Waals surface area contributed by atoms with Crippen molar-refractivity contribution in [2.75, 3.05) is 20.8 Å². The molecule has 3 heterocycles. The van der Waals surface area contributed by atoms with Crippen LogP contribution in [0.5, 0.6) is 17.2 Å². The van der Waals surface area contributed by atoms with Gasteiger partial charge in [-0.2, -0.15) is 0 Å². The lowest BCUT2D eigenvalue weighted by Gasteiger charge is -2.41. The zero-order valence-corrected chi connectivity index (χ0v) is 21.1. The van der Waals surface area contributed by atoms with E-state index < -0.39 is 0 Å². The molecule has 6 heteroatoms. The number of aromatic nitrogens is 1. The topological polar surface area (TPSA) is 56.1 Å². The van der Waals surface area contributed by atoms with Crippen LogP contribution in [0.3, 0.4) is 0 Å². The Kier molecular flexibility index (Phi) is 6.88. The van der Waals surface area contributed by atoms with Gasteiger partial charge in [-0.15, -0.1) is 0 Å². The minimum absolute atomic E-state index is 0. The summed E-state index contributed by atoms with van der Waals surface area (Å²) in [4.78, 5) is 2.53. The van der Waals surface area contributed by atoms with E-state index in [4.69, 9.17) is 14.2 Å². The van der Waals surface area contributed by atoms with Crippen molar-refractivity contribution in [3.8, 4) is 17.2 Å². The van der Waals surface area contributed by atoms with E-state index in [0.29, 0.717) is 6.61 Å². The van der Waals surface area contributed by atoms with Crippen LogP contribution in [0.1, 0.15) is 47.0 Å². The zero-order valence-electron chi connectivity index (χ0n) is 21.1. The number of hydrogen-bond donors (Lipinski definition) is 1. The number of fused-ring (bicyclic) bond motifs is 6. The van der Waals surface area contributed by atoms with E-state index in [2.05, 4.69) is 60.4 Å². The van der Waals surface area contributed by atoms with E-state index in [-0.39, 0.29) is 20.2 Å². The van der Waals surface area contributed by atoms with Crippen molar-refractivity contribution in [1.29, 1.82) is 0 Å². The molecular weight excluding hydrogens is 464 g/mol. The van der Waals surface area contributed by atoms with Crippen molar-refractivity contribution in [1.82, 2.24) is 9.47 Å². The van der Waals surface area contributed by atoms with Crippen LogP contribution in [0.25, 0.3) is 10.9 Å². The molecule has 0 radical (unpaired) electrons. The van der Waals surface area contributed by atoms with Crippen molar-refractivity contribution in [3.05, 3.63) is 88.1 Å². The molecule has 0 amide bonds. The highest BCUT2D eigenvalue weighted by atomic mass is 16.5. The maximum Gasteiger partial charge on any atom is 0.162 e. The Labute approximate surface area is 219 Å². The Morgan fingerprint density at radius 3 is 2.62 bits per heavy atom. The lowest BCUT2D eigenvalue weighted by Crippen LogP contribution is -2.39. The summed E-state index contributed by atoms with van der Waals surface area (Å²) in [5.74, 6) is 2.40. The summed E-state index contributed by atoms with van der Waals surface area (Å²) in [5.41, 5.74) is 8.54. The normalized spacial score (nSPS) is 16.4. The molecule has 0 bridgehead atoms. The van der Waals surface area contributed by atoms with Crippen LogP contribution >= 0.6 is 0 Å². The van der Waals surface area contributed by atoms with Crippen LogP contribution in [0.2, 0.25) is 0 Å². The van der Waals surface area contributed by atoms with Crippen molar-refractivity contribution in [3.63, 3.8) is 0 Å². The summed E-state index contributed by atoms with van der Waals surface area (Å²) < 4.78 is 19.6. The molecule has 0 saturated heterocycles. The molecule has 6 rings (SSSR count). The highest BCUT2D eigenvalue weighted by molar-refractivity contribution is 5.87. The van der Waals surface area contributed by atoms with E-state index in [0.717, 1.165) is 59.6 Å². The molecule has 2 aliphatic heterocycles. The Hall–Kier alpha value is -3.48. The molecule has 0 spiro atoms. The van der Waals surface area contributed by atoms with Gasteiger partial charge in [-0.25, -0.2) is 0 Å². The predicted octanol–water partition coefficient (Wildman–Crippen LogP) is 5.79. The van der Waals surface area contributed by atoms with Crippen LogP contribution in [0.15, 0.2) is 54.6 Å². The Morgan fingerprint density at radius 1 is 1.00 bits per heavy atom. The van der Waals surface area contributed by atoms with E-state index in [1.165, 1.54) is 27.9 Å². The van der Waals surface area contributed by atoms with Gasteiger partial charge in [-0.05, 0) is 72.4 Å². The lowest BCUT2D eigenvalue weighted by atomic mass is 9.85. The van der Waals surface area contributed by atoms with Gasteiger partial charge < -0.3 is 23.9 Å². The van der Waals surface area contributed by atoms with Gasteiger partial charge in [-0.1, -0.05) is 37.3 Å². The van der Waals surface area contributed by atoms with Gasteiger partial charge in [0.1, 0.15) is 19.1 Å². The number of ether oxygens (including phenoxy) is 3. The van der Waals surface area contributed by atoms with E-state index in [1.54, 1.807) is 14.2 Å². The van der Waals surface area contributed by atoms with E-state index in [1.807, 2.05) is 10.6 Å². The van der Waals surface area contributed by atoms with Gasteiger partial charge >= 0.3 is 0 Å². The first-order valence-electron chi connectivity index (χ1n) is 12.5. The Balaban J connectivity index is 0.00000280. The summed E-state index contributed by atoms with van der Waals surface area (Å²) in [6.07, 6.45) is 1.84. The van der Waals surface area contributed by atoms with E-state index in [9.17, 15) is 5.11 Å². The number of aryl methyl sites for hydroxylation is 1. The SMILES string of the molecule is C.COc1ccc2c(c1)c1c(n2CO)CN2CCc3cc(OC)c(OCc4cccc(C)c4)cc3C2C1. The maximum absolute atomic E-state index is 10.2. The number of benzene rings is 3. The second kappa shape index (κ2) is 10.1. The maximum atomic E-state index is 10.2. The standard InChI is InChI=1S/C30H32N2O4.CH4/c1-19-5-4-6-20(11-19)17-36-30-15-23-21(12-29(30)35-3)9-10-31-16-28-25(14-27(23)31)24-13-22(34-2)7-8-26(24)32(28)18-33;/h4-8,11-13,15,27,33H,9-10,14,16-18H2,1-3H3;1H4. The smallest absolute Gasteiger partial charge is 0.162 e. The minimum Gasteiger partial charge on any atom is -0.497 e. The molecule has 1 N–H and O–H groups in total. The highest BCUT2D eigenvalue weighted by Crippen LogP contribution is 2.45. The Morgan fingerprint density at radius 2 is 1.86 bits per heavy atom. The first-order chi connectivity index (χ1) is 17.6.